The molecule has 4 N–H and O–H groups in total. The van der Waals surface area contributed by atoms with E-state index in [0.29, 0.717) is 0 Å². The molecule has 2 aromatic rings. The van der Waals surface area contributed by atoms with Crippen LogP contribution in [0.5, 0.6) is 5.75 Å². The van der Waals surface area contributed by atoms with Crippen molar-refractivity contribution < 1.29 is 17.9 Å². The van der Waals surface area contributed by atoms with Gasteiger partial charge in [-0.25, -0.2) is 18.2 Å². The molecule has 0 saturated carbocycles. The number of benzene rings is 1. The van der Waals surface area contributed by atoms with Gasteiger partial charge in [-0.15, -0.1) is 17.7 Å². The maximum atomic E-state index is 12.3. The van der Waals surface area contributed by atoms with Crippen LogP contribution in [0.2, 0.25) is 5.02 Å². The summed E-state index contributed by atoms with van der Waals surface area (Å²) in [6, 6.07) is 2.31. The number of nitrogen functional groups attached to an aromatic ring is 1. The Morgan fingerprint density at radius 3 is 2.73 bits per heavy atom. The molecule has 1 aromatic carbocycles. The van der Waals surface area contributed by atoms with Gasteiger partial charge in [0.1, 0.15) is 4.90 Å². The highest BCUT2D eigenvalue weighted by atomic mass is 35.5. The summed E-state index contributed by atoms with van der Waals surface area (Å²) in [6.07, 6.45) is 0. The van der Waals surface area contributed by atoms with Crippen molar-refractivity contribution >= 4 is 52.1 Å². The van der Waals surface area contributed by atoms with E-state index in [0.717, 1.165) is 13.0 Å². The van der Waals surface area contributed by atoms with Crippen molar-refractivity contribution in [1.29, 1.82) is 0 Å². The van der Waals surface area contributed by atoms with Crippen LogP contribution in [0, 0.1) is 0 Å². The van der Waals surface area contributed by atoms with Gasteiger partial charge in [-0.05, 0) is 6.07 Å². The zero-order valence-corrected chi connectivity index (χ0v) is 13.5. The van der Waals surface area contributed by atoms with Gasteiger partial charge in [-0.3, -0.25) is 4.79 Å². The second-order valence-electron chi connectivity index (χ2n) is 3.99. The second-order valence-corrected chi connectivity index (χ2v) is 6.53. The number of carbonyl (C=O) groups is 1. The monoisotopic (exact) mass is 363 g/mol. The van der Waals surface area contributed by atoms with E-state index in [-0.39, 0.29) is 32.5 Å². The van der Waals surface area contributed by atoms with Crippen LogP contribution >= 0.6 is 24.2 Å². The summed E-state index contributed by atoms with van der Waals surface area (Å²) in [7, 11) is -4.08. The number of aromatic amines is 1. The topological polar surface area (TPSA) is 140 Å². The van der Waals surface area contributed by atoms with Gasteiger partial charge in [0, 0.05) is 17.9 Å². The first kappa shape index (κ1) is 16.4. The third-order valence-corrected chi connectivity index (χ3v) is 4.47. The van der Waals surface area contributed by atoms with Crippen molar-refractivity contribution in [3.8, 4) is 5.75 Å². The van der Waals surface area contributed by atoms with Gasteiger partial charge in [0.15, 0.2) is 5.75 Å². The number of ether oxygens (including phenoxy) is 1. The summed E-state index contributed by atoms with van der Waals surface area (Å²) in [4.78, 5) is 14.4. The fourth-order valence-corrected chi connectivity index (χ4v) is 3.34. The lowest BCUT2D eigenvalue weighted by molar-refractivity contribution is -0.131. The van der Waals surface area contributed by atoms with Gasteiger partial charge < -0.3 is 10.5 Å². The number of nitrogens with two attached hydrogens (primary N) is 1. The number of thiol groups is 1. The van der Waals surface area contributed by atoms with E-state index < -0.39 is 16.0 Å². The molecule has 0 amide bonds. The van der Waals surface area contributed by atoms with Crippen LogP contribution in [0.3, 0.4) is 0 Å². The number of sulfonamides is 1. The van der Waals surface area contributed by atoms with Crippen molar-refractivity contribution in [1.82, 2.24) is 15.2 Å². The SMILES string of the molecule is CC(=O)Oc1cc(S(=O)(=O)Nc2n[nH]c(N)n2)c(S)cc1Cl. The van der Waals surface area contributed by atoms with Crippen molar-refractivity contribution in [2.75, 3.05) is 10.5 Å². The van der Waals surface area contributed by atoms with Gasteiger partial charge in [0.2, 0.25) is 5.95 Å². The normalized spacial score (nSPS) is 11.2. The lowest BCUT2D eigenvalue weighted by Gasteiger charge is -2.11. The minimum absolute atomic E-state index is 0.0429. The quantitative estimate of drug-likeness (QED) is 0.361. The molecule has 12 heteroatoms. The van der Waals surface area contributed by atoms with Crippen molar-refractivity contribution in [3.05, 3.63) is 17.2 Å². The summed E-state index contributed by atoms with van der Waals surface area (Å²) < 4.78 is 31.5. The number of hydrogen-bond acceptors (Lipinski definition) is 8. The molecule has 22 heavy (non-hydrogen) atoms. The van der Waals surface area contributed by atoms with E-state index in [1.807, 2.05) is 0 Å². The maximum Gasteiger partial charge on any atom is 0.308 e. The van der Waals surface area contributed by atoms with E-state index in [9.17, 15) is 13.2 Å². The first-order chi connectivity index (χ1) is 10.2. The number of nitrogens with one attached hydrogen (secondary N) is 2. The molecule has 9 nitrogen and oxygen atoms in total. The Balaban J connectivity index is 2.43. The number of nitrogens with zero attached hydrogens (tertiary/aromatic N) is 2. The molecule has 0 aliphatic rings. The minimum atomic E-state index is -4.08. The van der Waals surface area contributed by atoms with Gasteiger partial charge in [0.25, 0.3) is 16.0 Å². The predicted molar refractivity (Wildman–Crippen MR) is 81.6 cm³/mol. The highest BCUT2D eigenvalue weighted by Crippen LogP contribution is 2.33. The summed E-state index contributed by atoms with van der Waals surface area (Å²) in [5.41, 5.74) is 5.31. The number of rotatable bonds is 4. The summed E-state index contributed by atoms with van der Waals surface area (Å²) in [5.74, 6) is -1.05. The van der Waals surface area contributed by atoms with E-state index in [4.69, 9.17) is 22.1 Å². The van der Waals surface area contributed by atoms with E-state index >= 15 is 0 Å². The Hall–Kier alpha value is -1.98. The predicted octanol–water partition coefficient (Wildman–Crippen LogP) is 1.06. The van der Waals surface area contributed by atoms with E-state index in [1.165, 1.54) is 6.07 Å². The van der Waals surface area contributed by atoms with Crippen molar-refractivity contribution in [2.45, 2.75) is 16.7 Å². The third kappa shape index (κ3) is 3.61. The molecule has 0 aliphatic heterocycles. The highest BCUT2D eigenvalue weighted by Gasteiger charge is 2.22. The number of esters is 1. The molecule has 0 fully saturated rings. The minimum Gasteiger partial charge on any atom is -0.425 e. The molecular weight excluding hydrogens is 354 g/mol. The highest BCUT2D eigenvalue weighted by molar-refractivity contribution is 7.93. The molecule has 0 bridgehead atoms. The molecule has 0 aliphatic carbocycles. The molecule has 118 valence electrons. The van der Waals surface area contributed by atoms with Crippen LogP contribution in [-0.2, 0) is 14.8 Å². The molecule has 0 unspecified atom stereocenters. The average Bonchev–Trinajstić information content (AvgIpc) is 2.76. The number of anilines is 2. The Morgan fingerprint density at radius 2 is 2.18 bits per heavy atom. The zero-order valence-electron chi connectivity index (χ0n) is 11.0. The third-order valence-electron chi connectivity index (χ3n) is 2.29. The van der Waals surface area contributed by atoms with Crippen molar-refractivity contribution in [2.24, 2.45) is 0 Å². The first-order valence-corrected chi connectivity index (χ1v) is 7.91. The largest absolute Gasteiger partial charge is 0.425 e. The smallest absolute Gasteiger partial charge is 0.308 e. The molecule has 0 spiro atoms. The molecular formula is C10H10ClN5O4S2. The van der Waals surface area contributed by atoms with Crippen LogP contribution in [0.25, 0.3) is 0 Å². The number of aromatic nitrogens is 3. The summed E-state index contributed by atoms with van der Waals surface area (Å²) in [6.45, 7) is 1.16. The fourth-order valence-electron chi connectivity index (χ4n) is 1.47. The number of carbonyl (C=O) groups excluding carboxylic acids is 1. The van der Waals surface area contributed by atoms with Gasteiger partial charge in [0.05, 0.1) is 5.02 Å². The lowest BCUT2D eigenvalue weighted by atomic mass is 10.3. The standard InChI is InChI=1S/C10H10ClN5O4S2/c1-4(17)20-6-3-8(7(21)2-5(6)11)22(18,19)16-10-13-9(12)14-15-10/h2-3,21H,1H3,(H4,12,13,14,15,16). The van der Waals surface area contributed by atoms with Crippen LogP contribution in [-0.4, -0.2) is 29.6 Å². The second kappa shape index (κ2) is 6.02. The van der Waals surface area contributed by atoms with E-state index in [2.05, 4.69) is 32.5 Å². The molecule has 0 atom stereocenters. The molecule has 2 rings (SSSR count). The van der Waals surface area contributed by atoms with E-state index in [1.54, 1.807) is 0 Å². The van der Waals surface area contributed by atoms with Crippen LogP contribution in [0.15, 0.2) is 21.9 Å². The van der Waals surface area contributed by atoms with Gasteiger partial charge in [-0.1, -0.05) is 11.6 Å². The number of H-pyrrole nitrogens is 1. The Bertz CT molecular complexity index is 836. The summed E-state index contributed by atoms with van der Waals surface area (Å²) in [5, 5.41) is 5.88. The van der Waals surface area contributed by atoms with Crippen LogP contribution in [0.4, 0.5) is 11.9 Å². The fraction of sp³-hybridized carbons (Fsp3) is 0.100. The molecule has 0 saturated heterocycles. The van der Waals surface area contributed by atoms with Gasteiger partial charge >= 0.3 is 5.97 Å². The van der Waals surface area contributed by atoms with Crippen molar-refractivity contribution in [3.63, 3.8) is 0 Å². The first-order valence-electron chi connectivity index (χ1n) is 5.60. The Labute approximate surface area is 135 Å². The number of hydrogen-bond donors (Lipinski definition) is 4. The zero-order chi connectivity index (χ0) is 16.5. The maximum absolute atomic E-state index is 12.3. The average molecular weight is 364 g/mol. The van der Waals surface area contributed by atoms with Gasteiger partial charge in [-0.2, -0.15) is 4.98 Å². The molecule has 0 radical (unpaired) electrons. The Morgan fingerprint density at radius 1 is 1.50 bits per heavy atom. The lowest BCUT2D eigenvalue weighted by Crippen LogP contribution is -2.15. The molecule has 1 heterocycles. The van der Waals surface area contributed by atoms with Crippen LogP contribution < -0.4 is 15.2 Å². The molecule has 1 aromatic heterocycles. The Kier molecular flexibility index (Phi) is 4.49. The summed E-state index contributed by atoms with van der Waals surface area (Å²) >= 11 is 9.92. The van der Waals surface area contributed by atoms with Crippen LogP contribution in [0.1, 0.15) is 6.92 Å². The number of halogens is 1.